The summed E-state index contributed by atoms with van der Waals surface area (Å²) in [6, 6.07) is 5.14. The van der Waals surface area contributed by atoms with Gasteiger partial charge in [-0.3, -0.25) is 0 Å². The Bertz CT molecular complexity index is 491. The van der Waals surface area contributed by atoms with Gasteiger partial charge in [0, 0.05) is 38.0 Å². The Morgan fingerprint density at radius 2 is 2.25 bits per heavy atom. The number of aryl methyl sites for hydroxylation is 1. The minimum Gasteiger partial charge on any atom is -0.338 e. The summed E-state index contributed by atoms with van der Waals surface area (Å²) in [5.41, 5.74) is 6.86. The van der Waals surface area contributed by atoms with Gasteiger partial charge in [-0.2, -0.15) is 0 Å². The number of nitrogens with two attached hydrogens (primary N) is 1. The summed E-state index contributed by atoms with van der Waals surface area (Å²) >= 11 is 0. The molecule has 0 aliphatic heterocycles. The first-order valence-electron chi connectivity index (χ1n) is 5.14. The van der Waals surface area contributed by atoms with E-state index in [1.165, 1.54) is 6.07 Å². The predicted molar refractivity (Wildman–Crippen MR) is 60.3 cm³/mol. The average Bonchev–Trinajstić information content (AvgIpc) is 2.65. The van der Waals surface area contributed by atoms with E-state index in [1.54, 1.807) is 12.3 Å². The molecule has 0 spiro atoms. The standard InChI is InChI=1S/C12H14FN3/c1-16-5-4-15-12(16)7-9-2-3-10(8-14)11(13)6-9/h2-6H,7-8,14H2,1H3. The number of aromatic nitrogens is 2. The van der Waals surface area contributed by atoms with Crippen LogP contribution in [0.15, 0.2) is 30.6 Å². The molecular formula is C12H14FN3. The number of hydrogen-bond donors (Lipinski definition) is 1. The van der Waals surface area contributed by atoms with Crippen molar-refractivity contribution in [3.05, 3.63) is 53.4 Å². The number of imidazole rings is 1. The number of rotatable bonds is 3. The van der Waals surface area contributed by atoms with E-state index in [4.69, 9.17) is 5.73 Å². The Morgan fingerprint density at radius 1 is 1.44 bits per heavy atom. The zero-order valence-corrected chi connectivity index (χ0v) is 9.15. The van der Waals surface area contributed by atoms with Crippen LogP contribution in [0.4, 0.5) is 4.39 Å². The van der Waals surface area contributed by atoms with E-state index in [-0.39, 0.29) is 12.4 Å². The van der Waals surface area contributed by atoms with Crippen LogP contribution in [0.3, 0.4) is 0 Å². The van der Waals surface area contributed by atoms with Crippen molar-refractivity contribution in [3.8, 4) is 0 Å². The number of nitrogens with zero attached hydrogens (tertiary/aromatic N) is 2. The third-order valence-electron chi connectivity index (χ3n) is 2.62. The van der Waals surface area contributed by atoms with E-state index in [9.17, 15) is 4.39 Å². The monoisotopic (exact) mass is 219 g/mol. The van der Waals surface area contributed by atoms with E-state index in [2.05, 4.69) is 4.98 Å². The first-order chi connectivity index (χ1) is 7.70. The fourth-order valence-electron chi connectivity index (χ4n) is 1.62. The molecule has 0 aliphatic carbocycles. The molecule has 1 aromatic heterocycles. The molecule has 0 amide bonds. The quantitative estimate of drug-likeness (QED) is 0.852. The van der Waals surface area contributed by atoms with Gasteiger partial charge in [0.15, 0.2) is 0 Å². The molecule has 84 valence electrons. The molecule has 0 fully saturated rings. The van der Waals surface area contributed by atoms with Gasteiger partial charge >= 0.3 is 0 Å². The van der Waals surface area contributed by atoms with Crippen LogP contribution in [0, 0.1) is 5.82 Å². The maximum absolute atomic E-state index is 13.5. The van der Waals surface area contributed by atoms with Gasteiger partial charge in [-0.1, -0.05) is 12.1 Å². The fourth-order valence-corrected chi connectivity index (χ4v) is 1.62. The van der Waals surface area contributed by atoms with Crippen molar-refractivity contribution in [2.24, 2.45) is 12.8 Å². The Kier molecular flexibility index (Phi) is 3.01. The smallest absolute Gasteiger partial charge is 0.127 e. The minimum atomic E-state index is -0.241. The van der Waals surface area contributed by atoms with Crippen LogP contribution in [-0.4, -0.2) is 9.55 Å². The molecule has 2 aromatic rings. The van der Waals surface area contributed by atoms with Crippen LogP contribution in [-0.2, 0) is 20.0 Å². The third-order valence-corrected chi connectivity index (χ3v) is 2.62. The molecule has 2 rings (SSSR count). The Balaban J connectivity index is 2.23. The second-order valence-corrected chi connectivity index (χ2v) is 3.76. The highest BCUT2D eigenvalue weighted by Gasteiger charge is 2.05. The zero-order valence-electron chi connectivity index (χ0n) is 9.15. The molecule has 0 unspecified atom stereocenters. The normalized spacial score (nSPS) is 10.7. The van der Waals surface area contributed by atoms with Crippen LogP contribution < -0.4 is 5.73 Å². The van der Waals surface area contributed by atoms with E-state index in [1.807, 2.05) is 23.9 Å². The van der Waals surface area contributed by atoms with Crippen molar-refractivity contribution in [2.75, 3.05) is 0 Å². The molecule has 0 saturated carbocycles. The maximum atomic E-state index is 13.5. The molecule has 0 aliphatic rings. The van der Waals surface area contributed by atoms with Gasteiger partial charge in [0.25, 0.3) is 0 Å². The van der Waals surface area contributed by atoms with Gasteiger partial charge in [-0.25, -0.2) is 9.37 Å². The van der Waals surface area contributed by atoms with Gasteiger partial charge < -0.3 is 10.3 Å². The SMILES string of the molecule is Cn1ccnc1Cc1ccc(CN)c(F)c1. The molecular weight excluding hydrogens is 205 g/mol. The second kappa shape index (κ2) is 4.45. The van der Waals surface area contributed by atoms with E-state index in [0.29, 0.717) is 12.0 Å². The molecule has 4 heteroatoms. The summed E-state index contributed by atoms with van der Waals surface area (Å²) < 4.78 is 15.4. The lowest BCUT2D eigenvalue weighted by molar-refractivity contribution is 0.608. The van der Waals surface area contributed by atoms with E-state index >= 15 is 0 Å². The minimum absolute atomic E-state index is 0.231. The van der Waals surface area contributed by atoms with Gasteiger partial charge in [0.1, 0.15) is 11.6 Å². The molecule has 16 heavy (non-hydrogen) atoms. The van der Waals surface area contributed by atoms with Crippen molar-refractivity contribution in [1.29, 1.82) is 0 Å². The number of halogens is 1. The highest BCUT2D eigenvalue weighted by Crippen LogP contribution is 2.12. The molecule has 0 radical (unpaired) electrons. The van der Waals surface area contributed by atoms with Crippen molar-refractivity contribution in [3.63, 3.8) is 0 Å². The molecule has 1 heterocycles. The van der Waals surface area contributed by atoms with Crippen LogP contribution in [0.1, 0.15) is 17.0 Å². The number of hydrogen-bond acceptors (Lipinski definition) is 2. The average molecular weight is 219 g/mol. The van der Waals surface area contributed by atoms with Crippen LogP contribution >= 0.6 is 0 Å². The summed E-state index contributed by atoms with van der Waals surface area (Å²) in [5, 5.41) is 0. The van der Waals surface area contributed by atoms with Crippen molar-refractivity contribution >= 4 is 0 Å². The van der Waals surface area contributed by atoms with Crippen LogP contribution in [0.25, 0.3) is 0 Å². The maximum Gasteiger partial charge on any atom is 0.127 e. The lowest BCUT2D eigenvalue weighted by atomic mass is 10.1. The van der Waals surface area contributed by atoms with E-state index < -0.39 is 0 Å². The molecule has 1 aromatic carbocycles. The van der Waals surface area contributed by atoms with Gasteiger partial charge in [-0.15, -0.1) is 0 Å². The molecule has 2 N–H and O–H groups in total. The number of benzene rings is 1. The van der Waals surface area contributed by atoms with Crippen LogP contribution in [0.5, 0.6) is 0 Å². The Hall–Kier alpha value is -1.68. The van der Waals surface area contributed by atoms with Crippen LogP contribution in [0.2, 0.25) is 0 Å². The van der Waals surface area contributed by atoms with Crippen molar-refractivity contribution in [2.45, 2.75) is 13.0 Å². The first kappa shape index (κ1) is 10.8. The second-order valence-electron chi connectivity index (χ2n) is 3.76. The Labute approximate surface area is 93.7 Å². The van der Waals surface area contributed by atoms with E-state index in [0.717, 1.165) is 11.4 Å². The predicted octanol–water partition coefficient (Wildman–Crippen LogP) is 1.61. The van der Waals surface area contributed by atoms with Gasteiger partial charge in [-0.05, 0) is 11.6 Å². The zero-order chi connectivity index (χ0) is 11.5. The lowest BCUT2D eigenvalue weighted by Crippen LogP contribution is -2.02. The highest BCUT2D eigenvalue weighted by atomic mass is 19.1. The third kappa shape index (κ3) is 2.12. The molecule has 0 saturated heterocycles. The molecule has 0 atom stereocenters. The summed E-state index contributed by atoms with van der Waals surface area (Å²) in [7, 11) is 1.92. The van der Waals surface area contributed by atoms with Gasteiger partial charge in [0.2, 0.25) is 0 Å². The summed E-state index contributed by atoms with van der Waals surface area (Å²) in [5.74, 6) is 0.675. The van der Waals surface area contributed by atoms with Gasteiger partial charge in [0.05, 0.1) is 0 Å². The summed E-state index contributed by atoms with van der Waals surface area (Å²) in [6.45, 7) is 0.231. The topological polar surface area (TPSA) is 43.8 Å². The first-order valence-corrected chi connectivity index (χ1v) is 5.14. The molecule has 3 nitrogen and oxygen atoms in total. The van der Waals surface area contributed by atoms with Crippen molar-refractivity contribution in [1.82, 2.24) is 9.55 Å². The largest absolute Gasteiger partial charge is 0.338 e. The fraction of sp³-hybridized carbons (Fsp3) is 0.250. The summed E-state index contributed by atoms with van der Waals surface area (Å²) in [6.07, 6.45) is 4.24. The Morgan fingerprint density at radius 3 is 2.81 bits per heavy atom. The molecule has 0 bridgehead atoms. The lowest BCUT2D eigenvalue weighted by Gasteiger charge is -2.05. The summed E-state index contributed by atoms with van der Waals surface area (Å²) in [4.78, 5) is 4.20. The van der Waals surface area contributed by atoms with Crippen molar-refractivity contribution < 1.29 is 4.39 Å². The highest BCUT2D eigenvalue weighted by molar-refractivity contribution is 5.26.